The van der Waals surface area contributed by atoms with E-state index < -0.39 is 9.84 Å². The summed E-state index contributed by atoms with van der Waals surface area (Å²) < 4.78 is 27.8. The van der Waals surface area contributed by atoms with E-state index in [0.717, 1.165) is 25.9 Å². The Kier molecular flexibility index (Phi) is 5.85. The second-order valence-electron chi connectivity index (χ2n) is 4.82. The molecule has 0 aromatic carbocycles. The molecule has 6 heteroatoms. The van der Waals surface area contributed by atoms with E-state index in [4.69, 9.17) is 10.6 Å². The minimum atomic E-state index is -2.87. The summed E-state index contributed by atoms with van der Waals surface area (Å²) in [6.45, 7) is 2.89. The summed E-state index contributed by atoms with van der Waals surface area (Å²) in [4.78, 5) is 0. The highest BCUT2D eigenvalue weighted by Gasteiger charge is 2.32. The lowest BCUT2D eigenvalue weighted by Gasteiger charge is -2.26. The predicted octanol–water partition coefficient (Wildman–Crippen LogP) is 0.458. The lowest BCUT2D eigenvalue weighted by Crippen LogP contribution is -2.43. The van der Waals surface area contributed by atoms with Crippen molar-refractivity contribution in [2.75, 3.05) is 18.6 Å². The van der Waals surface area contributed by atoms with Crippen LogP contribution in [-0.2, 0) is 14.6 Å². The van der Waals surface area contributed by atoms with Gasteiger partial charge in [-0.05, 0) is 25.7 Å². The van der Waals surface area contributed by atoms with Crippen LogP contribution in [0, 0.1) is 5.92 Å². The van der Waals surface area contributed by atoms with Gasteiger partial charge in [-0.25, -0.2) is 8.42 Å². The Bertz CT molecular complexity index is 319. The van der Waals surface area contributed by atoms with Crippen LogP contribution in [0.3, 0.4) is 0 Å². The molecular formula is C11H24N2O3S. The molecule has 102 valence electrons. The summed E-state index contributed by atoms with van der Waals surface area (Å²) in [5, 5.41) is 0. The average molecular weight is 264 g/mol. The summed E-state index contributed by atoms with van der Waals surface area (Å²) >= 11 is 0. The van der Waals surface area contributed by atoms with Gasteiger partial charge in [0.05, 0.1) is 6.10 Å². The number of hydrogen-bond acceptors (Lipinski definition) is 5. The largest absolute Gasteiger partial charge is 0.378 e. The molecule has 0 aliphatic carbocycles. The fraction of sp³-hybridized carbons (Fsp3) is 1.00. The van der Waals surface area contributed by atoms with E-state index >= 15 is 0 Å². The van der Waals surface area contributed by atoms with E-state index in [1.165, 1.54) is 6.26 Å². The molecule has 1 aliphatic rings. The molecule has 1 heterocycles. The van der Waals surface area contributed by atoms with Crippen molar-refractivity contribution in [1.29, 1.82) is 0 Å². The first kappa shape index (κ1) is 14.9. The average Bonchev–Trinajstić information content (AvgIpc) is 2.70. The van der Waals surface area contributed by atoms with E-state index in [2.05, 4.69) is 12.3 Å². The number of rotatable bonds is 7. The number of sulfone groups is 1. The van der Waals surface area contributed by atoms with Gasteiger partial charge in [-0.15, -0.1) is 0 Å². The normalized spacial score (nSPS) is 27.2. The molecule has 1 saturated heterocycles. The topological polar surface area (TPSA) is 81.4 Å². The molecule has 3 N–H and O–H groups in total. The van der Waals surface area contributed by atoms with Crippen LogP contribution in [0.1, 0.15) is 32.6 Å². The molecule has 1 fully saturated rings. The van der Waals surface area contributed by atoms with Crippen LogP contribution in [0.2, 0.25) is 0 Å². The quantitative estimate of drug-likeness (QED) is 0.515. The monoisotopic (exact) mass is 264 g/mol. The first-order valence-electron chi connectivity index (χ1n) is 6.23. The molecule has 0 aromatic heterocycles. The zero-order valence-electron chi connectivity index (χ0n) is 10.7. The lowest BCUT2D eigenvalue weighted by atomic mass is 9.89. The van der Waals surface area contributed by atoms with Crippen LogP contribution < -0.4 is 11.3 Å². The Morgan fingerprint density at radius 3 is 2.76 bits per heavy atom. The molecule has 3 atom stereocenters. The van der Waals surface area contributed by atoms with E-state index in [-0.39, 0.29) is 17.9 Å². The maximum absolute atomic E-state index is 11.1. The fourth-order valence-corrected chi connectivity index (χ4v) is 3.22. The summed E-state index contributed by atoms with van der Waals surface area (Å²) in [5.41, 5.74) is 2.82. The third kappa shape index (κ3) is 4.91. The van der Waals surface area contributed by atoms with Crippen molar-refractivity contribution >= 4 is 9.84 Å². The fourth-order valence-electron chi connectivity index (χ4n) is 2.53. The van der Waals surface area contributed by atoms with Crippen molar-refractivity contribution < 1.29 is 13.2 Å². The van der Waals surface area contributed by atoms with Crippen LogP contribution in [0.4, 0.5) is 0 Å². The summed E-state index contributed by atoms with van der Waals surface area (Å²) in [6, 6.07) is 0.157. The number of hydrazine groups is 1. The third-order valence-corrected chi connectivity index (χ3v) is 4.45. The molecule has 0 spiro atoms. The molecule has 1 rings (SSSR count). The molecule has 0 amide bonds. The van der Waals surface area contributed by atoms with Crippen LogP contribution in [0.15, 0.2) is 0 Å². The smallest absolute Gasteiger partial charge is 0.147 e. The molecule has 3 unspecified atom stereocenters. The summed E-state index contributed by atoms with van der Waals surface area (Å²) in [6.07, 6.45) is 4.95. The standard InChI is InChI=1S/C11H24N2O3S/c1-3-11-9(6-7-16-11)10(13-12)5-4-8-17(2,14)15/h9-11,13H,3-8,12H2,1-2H3. The highest BCUT2D eigenvalue weighted by molar-refractivity contribution is 7.90. The van der Waals surface area contributed by atoms with Crippen molar-refractivity contribution in [2.24, 2.45) is 11.8 Å². The van der Waals surface area contributed by atoms with Crippen molar-refractivity contribution in [3.8, 4) is 0 Å². The zero-order chi connectivity index (χ0) is 12.9. The summed E-state index contributed by atoms with van der Waals surface area (Å²) in [5.74, 6) is 6.20. The Labute approximate surface area is 104 Å². The van der Waals surface area contributed by atoms with Gasteiger partial charge in [0.2, 0.25) is 0 Å². The lowest BCUT2D eigenvalue weighted by molar-refractivity contribution is 0.0764. The van der Waals surface area contributed by atoms with Gasteiger partial charge < -0.3 is 4.74 Å². The van der Waals surface area contributed by atoms with Gasteiger partial charge in [0.1, 0.15) is 9.84 Å². The SMILES string of the molecule is CCC1OCCC1C(CCCS(C)(=O)=O)NN. The predicted molar refractivity (Wildman–Crippen MR) is 68.2 cm³/mol. The van der Waals surface area contributed by atoms with E-state index in [1.807, 2.05) is 0 Å². The molecule has 17 heavy (non-hydrogen) atoms. The minimum absolute atomic E-state index is 0.157. The molecule has 0 aromatic rings. The van der Waals surface area contributed by atoms with Gasteiger partial charge in [0.15, 0.2) is 0 Å². The molecule has 0 radical (unpaired) electrons. The van der Waals surface area contributed by atoms with Crippen LogP contribution >= 0.6 is 0 Å². The third-order valence-electron chi connectivity index (χ3n) is 3.42. The Hall–Kier alpha value is -0.170. The highest BCUT2D eigenvalue weighted by atomic mass is 32.2. The minimum Gasteiger partial charge on any atom is -0.378 e. The van der Waals surface area contributed by atoms with Gasteiger partial charge in [0, 0.05) is 30.6 Å². The second kappa shape index (κ2) is 6.68. The van der Waals surface area contributed by atoms with Crippen LogP contribution in [-0.4, -0.2) is 39.2 Å². The summed E-state index contributed by atoms with van der Waals surface area (Å²) in [7, 11) is -2.87. The first-order valence-corrected chi connectivity index (χ1v) is 8.29. The Morgan fingerprint density at radius 1 is 1.53 bits per heavy atom. The molecule has 5 nitrogen and oxygen atoms in total. The van der Waals surface area contributed by atoms with Crippen LogP contribution in [0.25, 0.3) is 0 Å². The van der Waals surface area contributed by atoms with Crippen molar-refractivity contribution in [2.45, 2.75) is 44.8 Å². The number of ether oxygens (including phenoxy) is 1. The van der Waals surface area contributed by atoms with Crippen molar-refractivity contribution in [1.82, 2.24) is 5.43 Å². The Balaban J connectivity index is 2.42. The van der Waals surface area contributed by atoms with Crippen LogP contribution in [0.5, 0.6) is 0 Å². The Morgan fingerprint density at radius 2 is 2.24 bits per heavy atom. The zero-order valence-corrected chi connectivity index (χ0v) is 11.5. The van der Waals surface area contributed by atoms with Gasteiger partial charge in [-0.3, -0.25) is 11.3 Å². The number of nitrogens with one attached hydrogen (secondary N) is 1. The van der Waals surface area contributed by atoms with E-state index in [1.54, 1.807) is 0 Å². The maximum atomic E-state index is 11.1. The van der Waals surface area contributed by atoms with E-state index in [9.17, 15) is 8.42 Å². The van der Waals surface area contributed by atoms with Gasteiger partial charge in [-0.1, -0.05) is 6.92 Å². The highest BCUT2D eigenvalue weighted by Crippen LogP contribution is 2.28. The van der Waals surface area contributed by atoms with Gasteiger partial charge in [0.25, 0.3) is 0 Å². The molecule has 0 saturated carbocycles. The van der Waals surface area contributed by atoms with E-state index in [0.29, 0.717) is 12.3 Å². The maximum Gasteiger partial charge on any atom is 0.147 e. The van der Waals surface area contributed by atoms with Gasteiger partial charge in [-0.2, -0.15) is 0 Å². The number of hydrogen-bond donors (Lipinski definition) is 2. The second-order valence-corrected chi connectivity index (χ2v) is 7.08. The number of nitrogens with two attached hydrogens (primary N) is 1. The van der Waals surface area contributed by atoms with Crippen molar-refractivity contribution in [3.05, 3.63) is 0 Å². The molecule has 1 aliphatic heterocycles. The molecule has 0 bridgehead atoms. The van der Waals surface area contributed by atoms with Crippen molar-refractivity contribution in [3.63, 3.8) is 0 Å². The van der Waals surface area contributed by atoms with Gasteiger partial charge >= 0.3 is 0 Å². The molecular weight excluding hydrogens is 240 g/mol. The first-order chi connectivity index (χ1) is 7.98.